The van der Waals surface area contributed by atoms with Gasteiger partial charge in [-0.25, -0.2) is 0 Å². The van der Waals surface area contributed by atoms with Crippen LogP contribution in [0.4, 0.5) is 5.69 Å². The number of likely N-dealkylation sites (N-methyl/N-ethyl adjacent to an activating group) is 1. The van der Waals surface area contributed by atoms with Gasteiger partial charge in [0.15, 0.2) is 5.90 Å². The van der Waals surface area contributed by atoms with Crippen molar-refractivity contribution >= 4 is 29.3 Å². The molecule has 1 fully saturated rings. The molecule has 3 rings (SSSR count). The van der Waals surface area contributed by atoms with Gasteiger partial charge in [0.1, 0.15) is 6.61 Å². The number of likely N-dealkylation sites (tertiary alicyclic amines) is 1. The minimum Gasteiger partial charge on any atom is -0.479 e. The zero-order valence-corrected chi connectivity index (χ0v) is 25.7. The fourth-order valence-electron chi connectivity index (χ4n) is 3.38. The summed E-state index contributed by atoms with van der Waals surface area (Å²) in [5, 5.41) is 10.9. The number of aliphatic imine (C=N–C) groups is 1. The van der Waals surface area contributed by atoms with E-state index >= 15 is 0 Å². The number of nitrogens with zero attached hydrogens (tertiary/aromatic N) is 4. The van der Waals surface area contributed by atoms with E-state index in [1.807, 2.05) is 46.3 Å². The van der Waals surface area contributed by atoms with Crippen molar-refractivity contribution in [3.8, 4) is 6.07 Å². The monoisotopic (exact) mass is 545 g/mol. The van der Waals surface area contributed by atoms with Gasteiger partial charge >= 0.3 is 0 Å². The molecule has 1 aromatic rings. The number of hydrogen-bond donors (Lipinski definition) is 1. The van der Waals surface area contributed by atoms with Crippen molar-refractivity contribution in [1.82, 2.24) is 9.80 Å². The van der Waals surface area contributed by atoms with Crippen molar-refractivity contribution < 1.29 is 9.53 Å². The van der Waals surface area contributed by atoms with E-state index in [2.05, 4.69) is 53.3 Å². The van der Waals surface area contributed by atoms with Gasteiger partial charge < -0.3 is 19.9 Å². The highest BCUT2D eigenvalue weighted by Gasteiger charge is 2.13. The third-order valence-corrected chi connectivity index (χ3v) is 6.17. The van der Waals surface area contributed by atoms with Gasteiger partial charge in [-0.2, -0.15) is 17.0 Å². The van der Waals surface area contributed by atoms with Crippen LogP contribution >= 0.6 is 11.8 Å². The Morgan fingerprint density at radius 2 is 1.82 bits per heavy atom. The number of carbonyl (C=O) groups is 1. The van der Waals surface area contributed by atoms with Crippen molar-refractivity contribution in [2.45, 2.75) is 66.7 Å². The molecular formula is C30H51N5O2S. The molecule has 1 saturated heterocycles. The molecule has 0 aliphatic carbocycles. The van der Waals surface area contributed by atoms with Crippen molar-refractivity contribution in [3.05, 3.63) is 41.6 Å². The number of ether oxygens (including phenoxy) is 1. The summed E-state index contributed by atoms with van der Waals surface area (Å²) in [6.45, 7) is 15.9. The molecule has 2 aliphatic rings. The van der Waals surface area contributed by atoms with E-state index in [0.29, 0.717) is 12.2 Å². The Morgan fingerprint density at radius 3 is 2.24 bits per heavy atom. The molecule has 0 atom stereocenters. The van der Waals surface area contributed by atoms with Crippen molar-refractivity contribution in [3.63, 3.8) is 0 Å². The Balaban J connectivity index is 0.000000863. The summed E-state index contributed by atoms with van der Waals surface area (Å²) in [5.41, 5.74) is 3.19. The Morgan fingerprint density at radius 1 is 1.21 bits per heavy atom. The number of nitriles is 1. The first kappa shape index (κ1) is 35.5. The van der Waals surface area contributed by atoms with E-state index in [1.165, 1.54) is 37.9 Å². The maximum absolute atomic E-state index is 12.4. The first-order valence-corrected chi connectivity index (χ1v) is 15.3. The molecule has 0 unspecified atom stereocenters. The lowest BCUT2D eigenvalue weighted by molar-refractivity contribution is -0.125. The van der Waals surface area contributed by atoms with Crippen molar-refractivity contribution in [2.24, 2.45) is 4.99 Å². The van der Waals surface area contributed by atoms with E-state index in [9.17, 15) is 4.79 Å². The topological polar surface area (TPSA) is 81.0 Å². The molecule has 2 aliphatic heterocycles. The predicted molar refractivity (Wildman–Crippen MR) is 165 cm³/mol. The van der Waals surface area contributed by atoms with E-state index < -0.39 is 0 Å². The number of thioether (sulfide) groups is 1. The SMILES string of the molecule is CC1=NCCO1.CCC.CCC#N.CCN(C)C(=O)C(=CNc1ccc(CCN2CCCC2)cc1)CSC. The average Bonchev–Trinajstić information content (AvgIpc) is 3.64. The maximum Gasteiger partial charge on any atom is 0.251 e. The highest BCUT2D eigenvalue weighted by molar-refractivity contribution is 7.98. The fourth-order valence-corrected chi connectivity index (χ4v) is 3.90. The summed E-state index contributed by atoms with van der Waals surface area (Å²) in [4.78, 5) is 20.6. The zero-order chi connectivity index (χ0) is 28.6. The molecule has 0 aromatic heterocycles. The maximum atomic E-state index is 12.4. The Kier molecular flexibility index (Phi) is 22.1. The van der Waals surface area contributed by atoms with Crippen LogP contribution in [0.2, 0.25) is 0 Å². The molecule has 1 aromatic carbocycles. The summed E-state index contributed by atoms with van der Waals surface area (Å²) in [6.07, 6.45) is 9.54. The molecule has 1 N–H and O–H groups in total. The van der Waals surface area contributed by atoms with Crippen LogP contribution in [0.3, 0.4) is 0 Å². The summed E-state index contributed by atoms with van der Waals surface area (Å²) >= 11 is 1.66. The summed E-state index contributed by atoms with van der Waals surface area (Å²) in [6, 6.07) is 10.5. The van der Waals surface area contributed by atoms with Crippen molar-refractivity contribution in [2.75, 3.05) is 63.7 Å². The van der Waals surface area contributed by atoms with Gasteiger partial charge in [-0.05, 0) is 63.2 Å². The van der Waals surface area contributed by atoms with Gasteiger partial charge in [-0.1, -0.05) is 39.3 Å². The largest absolute Gasteiger partial charge is 0.479 e. The van der Waals surface area contributed by atoms with Crippen LogP contribution in [-0.4, -0.2) is 80.0 Å². The average molecular weight is 546 g/mol. The zero-order valence-electron chi connectivity index (χ0n) is 24.9. The molecule has 0 radical (unpaired) electrons. The lowest BCUT2D eigenvalue weighted by Gasteiger charge is -2.17. The van der Waals surface area contributed by atoms with Crippen LogP contribution in [0.1, 0.15) is 65.9 Å². The van der Waals surface area contributed by atoms with Crippen LogP contribution in [0.5, 0.6) is 0 Å². The summed E-state index contributed by atoms with van der Waals surface area (Å²) < 4.78 is 4.90. The number of benzene rings is 1. The molecule has 0 bridgehead atoms. The highest BCUT2D eigenvalue weighted by atomic mass is 32.2. The minimum atomic E-state index is 0.0894. The number of anilines is 1. The lowest BCUT2D eigenvalue weighted by Crippen LogP contribution is -2.28. The second-order valence-electron chi connectivity index (χ2n) is 9.03. The van der Waals surface area contributed by atoms with E-state index in [0.717, 1.165) is 49.8 Å². The highest BCUT2D eigenvalue weighted by Crippen LogP contribution is 2.14. The Hall–Kier alpha value is -2.50. The number of nitrogens with one attached hydrogen (secondary N) is 1. The number of amides is 1. The van der Waals surface area contributed by atoms with Gasteiger partial charge in [0.05, 0.1) is 12.6 Å². The molecule has 0 spiro atoms. The smallest absolute Gasteiger partial charge is 0.251 e. The van der Waals surface area contributed by atoms with Gasteiger partial charge in [0, 0.05) is 56.7 Å². The second kappa shape index (κ2) is 23.6. The Labute approximate surface area is 236 Å². The lowest BCUT2D eigenvalue weighted by atomic mass is 10.1. The molecular weight excluding hydrogens is 494 g/mol. The molecule has 1 amide bonds. The van der Waals surface area contributed by atoms with Crippen LogP contribution in [0.15, 0.2) is 41.0 Å². The van der Waals surface area contributed by atoms with Crippen LogP contribution in [0.25, 0.3) is 0 Å². The molecule has 38 heavy (non-hydrogen) atoms. The number of rotatable bonds is 9. The molecule has 0 saturated carbocycles. The summed E-state index contributed by atoms with van der Waals surface area (Å²) in [5.74, 6) is 1.63. The first-order chi connectivity index (χ1) is 18.4. The third-order valence-electron chi connectivity index (χ3n) is 5.57. The van der Waals surface area contributed by atoms with Gasteiger partial charge in [0.25, 0.3) is 5.91 Å². The fraction of sp³-hybridized carbons (Fsp3) is 0.633. The van der Waals surface area contributed by atoms with Crippen LogP contribution in [-0.2, 0) is 16.0 Å². The van der Waals surface area contributed by atoms with Crippen molar-refractivity contribution in [1.29, 1.82) is 5.26 Å². The normalized spacial score (nSPS) is 14.3. The Bertz CT molecular complexity index is 843. The number of carbonyl (C=O) groups excluding carboxylic acids is 1. The molecule has 2 heterocycles. The van der Waals surface area contributed by atoms with Gasteiger partial charge in [0.2, 0.25) is 0 Å². The quantitative estimate of drug-likeness (QED) is 0.370. The molecule has 214 valence electrons. The third kappa shape index (κ3) is 17.1. The second-order valence-corrected chi connectivity index (χ2v) is 9.90. The molecule has 8 heteroatoms. The number of hydrogen-bond acceptors (Lipinski definition) is 7. The van der Waals surface area contributed by atoms with Gasteiger partial charge in [-0.3, -0.25) is 9.79 Å². The molecule has 7 nitrogen and oxygen atoms in total. The van der Waals surface area contributed by atoms with Gasteiger partial charge in [-0.15, -0.1) is 0 Å². The summed E-state index contributed by atoms with van der Waals surface area (Å²) in [7, 11) is 1.84. The first-order valence-electron chi connectivity index (χ1n) is 13.9. The van der Waals surface area contributed by atoms with E-state index in [-0.39, 0.29) is 5.91 Å². The van der Waals surface area contributed by atoms with E-state index in [1.54, 1.807) is 16.7 Å². The van der Waals surface area contributed by atoms with E-state index in [4.69, 9.17) is 10.00 Å². The predicted octanol–water partition coefficient (Wildman–Crippen LogP) is 6.23. The van der Waals surface area contributed by atoms with Crippen LogP contribution in [0, 0.1) is 11.3 Å². The minimum absolute atomic E-state index is 0.0894. The standard InChI is InChI=1S/C20H31N3OS.C4H7NO.C3H5N.C3H8/c1-4-22(2)20(24)18(16-25-3)15-21-19-9-7-17(8-10-19)11-14-23-12-5-6-13-23;1-4-5-2-3-6-4;1-2-3-4;1-3-2/h7-10,15,21H,4-6,11-14,16H2,1-3H3;2-3H2,1H3;2H2,1H3;3H2,1-2H3. The van der Waals surface area contributed by atoms with Crippen LogP contribution < -0.4 is 5.32 Å².